The van der Waals surface area contributed by atoms with Crippen LogP contribution in [-0.4, -0.2) is 28.8 Å². The number of nitrogens with one attached hydrogen (secondary N) is 1. The summed E-state index contributed by atoms with van der Waals surface area (Å²) in [5.74, 6) is -1.22. The molecule has 0 radical (unpaired) electrons. The summed E-state index contributed by atoms with van der Waals surface area (Å²) in [5.41, 5.74) is 0.728. The van der Waals surface area contributed by atoms with Crippen molar-refractivity contribution in [3.8, 4) is 5.75 Å². The number of hydrogen-bond donors (Lipinski definition) is 3. The molecule has 1 unspecified atom stereocenters. The standard InChI is InChI=1S/C14H19NO3/c16-12-7-5-10(6-8-12)13(14(17)18)9-15-11-3-1-2-4-11/h5-8,11,13,15-16H,1-4,9H2,(H,17,18). The van der Waals surface area contributed by atoms with Crippen LogP contribution in [0.25, 0.3) is 0 Å². The Balaban J connectivity index is 1.99. The molecular weight excluding hydrogens is 230 g/mol. The molecule has 4 heteroatoms. The van der Waals surface area contributed by atoms with Crippen LogP contribution >= 0.6 is 0 Å². The molecule has 2 rings (SSSR count). The molecule has 0 bridgehead atoms. The number of rotatable bonds is 5. The average Bonchev–Trinajstić information content (AvgIpc) is 2.84. The zero-order chi connectivity index (χ0) is 13.0. The summed E-state index contributed by atoms with van der Waals surface area (Å²) < 4.78 is 0. The maximum atomic E-state index is 11.3. The highest BCUT2D eigenvalue weighted by molar-refractivity contribution is 5.76. The van der Waals surface area contributed by atoms with Gasteiger partial charge in [0.15, 0.2) is 0 Å². The lowest BCUT2D eigenvalue weighted by Crippen LogP contribution is -2.33. The van der Waals surface area contributed by atoms with Crippen molar-refractivity contribution in [3.05, 3.63) is 29.8 Å². The van der Waals surface area contributed by atoms with E-state index in [1.807, 2.05) is 0 Å². The van der Waals surface area contributed by atoms with Crippen molar-refractivity contribution >= 4 is 5.97 Å². The van der Waals surface area contributed by atoms with Gasteiger partial charge in [0, 0.05) is 12.6 Å². The molecule has 1 aliphatic carbocycles. The first-order valence-electron chi connectivity index (χ1n) is 6.42. The summed E-state index contributed by atoms with van der Waals surface area (Å²) in [4.78, 5) is 11.3. The molecule has 3 N–H and O–H groups in total. The van der Waals surface area contributed by atoms with Crippen molar-refractivity contribution in [3.63, 3.8) is 0 Å². The van der Waals surface area contributed by atoms with E-state index in [9.17, 15) is 15.0 Å². The quantitative estimate of drug-likeness (QED) is 0.747. The van der Waals surface area contributed by atoms with E-state index in [0.717, 1.165) is 18.4 Å². The van der Waals surface area contributed by atoms with Gasteiger partial charge in [0.2, 0.25) is 0 Å². The van der Waals surface area contributed by atoms with Crippen LogP contribution in [0.1, 0.15) is 37.2 Å². The molecule has 0 heterocycles. The van der Waals surface area contributed by atoms with E-state index in [0.29, 0.717) is 12.6 Å². The minimum absolute atomic E-state index is 0.159. The third-order valence-corrected chi connectivity index (χ3v) is 3.56. The van der Waals surface area contributed by atoms with Crippen molar-refractivity contribution in [1.29, 1.82) is 0 Å². The van der Waals surface area contributed by atoms with E-state index in [4.69, 9.17) is 0 Å². The van der Waals surface area contributed by atoms with Crippen molar-refractivity contribution in [2.45, 2.75) is 37.6 Å². The Hall–Kier alpha value is -1.55. The van der Waals surface area contributed by atoms with Gasteiger partial charge in [-0.15, -0.1) is 0 Å². The molecule has 0 amide bonds. The topological polar surface area (TPSA) is 69.6 Å². The summed E-state index contributed by atoms with van der Waals surface area (Å²) >= 11 is 0. The summed E-state index contributed by atoms with van der Waals surface area (Å²) in [6.07, 6.45) is 4.74. The molecule has 1 aliphatic rings. The molecule has 0 saturated heterocycles. The largest absolute Gasteiger partial charge is 0.508 e. The van der Waals surface area contributed by atoms with Gasteiger partial charge in [-0.3, -0.25) is 4.79 Å². The zero-order valence-corrected chi connectivity index (χ0v) is 10.3. The molecule has 4 nitrogen and oxygen atoms in total. The predicted molar refractivity (Wildman–Crippen MR) is 68.7 cm³/mol. The van der Waals surface area contributed by atoms with Gasteiger partial charge >= 0.3 is 5.97 Å². The Morgan fingerprint density at radius 2 is 1.89 bits per heavy atom. The van der Waals surface area contributed by atoms with Crippen molar-refractivity contribution in [1.82, 2.24) is 5.32 Å². The zero-order valence-electron chi connectivity index (χ0n) is 10.3. The van der Waals surface area contributed by atoms with Gasteiger partial charge < -0.3 is 15.5 Å². The van der Waals surface area contributed by atoms with Gasteiger partial charge in [-0.2, -0.15) is 0 Å². The van der Waals surface area contributed by atoms with Gasteiger partial charge in [-0.05, 0) is 30.5 Å². The fraction of sp³-hybridized carbons (Fsp3) is 0.500. The van der Waals surface area contributed by atoms with E-state index in [2.05, 4.69) is 5.32 Å². The molecule has 18 heavy (non-hydrogen) atoms. The number of carboxylic acid groups (broad SMARTS) is 1. The number of benzene rings is 1. The fourth-order valence-electron chi connectivity index (χ4n) is 2.47. The highest BCUT2D eigenvalue weighted by atomic mass is 16.4. The molecule has 1 aromatic rings. The fourth-order valence-corrected chi connectivity index (χ4v) is 2.47. The van der Waals surface area contributed by atoms with E-state index < -0.39 is 11.9 Å². The van der Waals surface area contributed by atoms with Gasteiger partial charge in [0.05, 0.1) is 5.92 Å². The summed E-state index contributed by atoms with van der Waals surface area (Å²) in [5, 5.41) is 21.8. The Kier molecular flexibility index (Phi) is 4.20. The number of aliphatic carboxylic acids is 1. The van der Waals surface area contributed by atoms with E-state index in [1.165, 1.54) is 25.0 Å². The average molecular weight is 249 g/mol. The normalized spacial score (nSPS) is 17.8. The lowest BCUT2D eigenvalue weighted by Gasteiger charge is -2.17. The monoisotopic (exact) mass is 249 g/mol. The SMILES string of the molecule is O=C(O)C(CNC1CCCC1)c1ccc(O)cc1. The molecule has 98 valence electrons. The van der Waals surface area contributed by atoms with E-state index in [1.54, 1.807) is 12.1 Å². The Bertz CT molecular complexity index is 396. The lowest BCUT2D eigenvalue weighted by atomic mass is 9.98. The number of phenols is 1. The second-order valence-electron chi connectivity index (χ2n) is 4.87. The van der Waals surface area contributed by atoms with Crippen molar-refractivity contribution in [2.24, 2.45) is 0 Å². The number of aromatic hydroxyl groups is 1. The highest BCUT2D eigenvalue weighted by Gasteiger charge is 2.22. The molecule has 0 aromatic heterocycles. The molecular formula is C14H19NO3. The van der Waals surface area contributed by atoms with Crippen LogP contribution in [0.15, 0.2) is 24.3 Å². The smallest absolute Gasteiger partial charge is 0.312 e. The van der Waals surface area contributed by atoms with Crippen molar-refractivity contribution in [2.75, 3.05) is 6.54 Å². The van der Waals surface area contributed by atoms with Crippen LogP contribution in [0.3, 0.4) is 0 Å². The molecule has 1 saturated carbocycles. The number of carbonyl (C=O) groups is 1. The van der Waals surface area contributed by atoms with Crippen LogP contribution in [0, 0.1) is 0 Å². The lowest BCUT2D eigenvalue weighted by molar-refractivity contribution is -0.138. The maximum absolute atomic E-state index is 11.3. The highest BCUT2D eigenvalue weighted by Crippen LogP contribution is 2.21. The van der Waals surface area contributed by atoms with Crippen LogP contribution < -0.4 is 5.32 Å². The van der Waals surface area contributed by atoms with Gasteiger partial charge in [-0.1, -0.05) is 25.0 Å². The Morgan fingerprint density at radius 3 is 2.44 bits per heavy atom. The molecule has 1 fully saturated rings. The van der Waals surface area contributed by atoms with E-state index >= 15 is 0 Å². The number of hydrogen-bond acceptors (Lipinski definition) is 3. The molecule has 0 spiro atoms. The summed E-state index contributed by atoms with van der Waals surface area (Å²) in [6, 6.07) is 6.86. The first-order chi connectivity index (χ1) is 8.66. The minimum Gasteiger partial charge on any atom is -0.508 e. The minimum atomic E-state index is -0.828. The van der Waals surface area contributed by atoms with Crippen LogP contribution in [-0.2, 0) is 4.79 Å². The van der Waals surface area contributed by atoms with Gasteiger partial charge in [0.1, 0.15) is 5.75 Å². The third kappa shape index (κ3) is 3.23. The number of carboxylic acids is 1. The Labute approximate surface area is 107 Å². The molecule has 1 atom stereocenters. The van der Waals surface area contributed by atoms with Crippen LogP contribution in [0.2, 0.25) is 0 Å². The molecule has 1 aromatic carbocycles. The second kappa shape index (κ2) is 5.87. The Morgan fingerprint density at radius 1 is 1.28 bits per heavy atom. The molecule has 0 aliphatic heterocycles. The third-order valence-electron chi connectivity index (χ3n) is 3.56. The maximum Gasteiger partial charge on any atom is 0.312 e. The summed E-state index contributed by atoms with van der Waals surface area (Å²) in [7, 11) is 0. The van der Waals surface area contributed by atoms with Crippen LogP contribution in [0.5, 0.6) is 5.75 Å². The first kappa shape index (κ1) is 12.9. The van der Waals surface area contributed by atoms with Gasteiger partial charge in [0.25, 0.3) is 0 Å². The van der Waals surface area contributed by atoms with Gasteiger partial charge in [-0.25, -0.2) is 0 Å². The predicted octanol–water partition coefficient (Wildman–Crippen LogP) is 2.09. The second-order valence-corrected chi connectivity index (χ2v) is 4.87. The van der Waals surface area contributed by atoms with Crippen LogP contribution in [0.4, 0.5) is 0 Å². The number of phenolic OH excluding ortho intramolecular Hbond substituents is 1. The first-order valence-corrected chi connectivity index (χ1v) is 6.42. The summed E-state index contributed by atoms with van der Waals surface area (Å²) in [6.45, 7) is 0.449. The van der Waals surface area contributed by atoms with Crippen molar-refractivity contribution < 1.29 is 15.0 Å². The van der Waals surface area contributed by atoms with E-state index in [-0.39, 0.29) is 5.75 Å².